The first-order valence-corrected chi connectivity index (χ1v) is 11.0. The second kappa shape index (κ2) is 9.32. The lowest BCUT2D eigenvalue weighted by Crippen LogP contribution is -2.29. The standard InChI is InChI=1S/C24H27N5O3/c1-3-27(4-2)14-15-28-20-11-6-5-10-19(20)25-24(28)26-23(32)17-8-7-9-18(16-17)29-21(30)12-13-22(29)31/h5-11,16H,3-4,12-15H2,1-2H3,(H,25,26,32). The van der Waals surface area contributed by atoms with Crippen LogP contribution in [0, 0.1) is 0 Å². The second-order valence-electron chi connectivity index (χ2n) is 7.73. The van der Waals surface area contributed by atoms with Crippen molar-refractivity contribution in [3.8, 4) is 0 Å². The Kier molecular flexibility index (Phi) is 6.32. The number of rotatable bonds is 8. The van der Waals surface area contributed by atoms with Gasteiger partial charge in [0.1, 0.15) is 0 Å². The van der Waals surface area contributed by atoms with Crippen LogP contribution in [-0.2, 0) is 16.1 Å². The van der Waals surface area contributed by atoms with E-state index in [4.69, 9.17) is 0 Å². The van der Waals surface area contributed by atoms with Crippen LogP contribution in [-0.4, -0.2) is 51.8 Å². The third-order valence-corrected chi connectivity index (χ3v) is 5.83. The summed E-state index contributed by atoms with van der Waals surface area (Å²) in [6, 6.07) is 14.4. The van der Waals surface area contributed by atoms with Crippen molar-refractivity contribution in [2.45, 2.75) is 33.2 Å². The van der Waals surface area contributed by atoms with Crippen LogP contribution in [0.3, 0.4) is 0 Å². The molecular formula is C24H27N5O3. The lowest BCUT2D eigenvalue weighted by molar-refractivity contribution is -0.121. The highest BCUT2D eigenvalue weighted by atomic mass is 16.2. The summed E-state index contributed by atoms with van der Waals surface area (Å²) in [5.41, 5.74) is 2.54. The number of likely N-dealkylation sites (N-methyl/N-ethyl adjacent to an activating group) is 1. The number of carbonyl (C=O) groups is 3. The third-order valence-electron chi connectivity index (χ3n) is 5.83. The van der Waals surface area contributed by atoms with Gasteiger partial charge in [-0.15, -0.1) is 0 Å². The molecular weight excluding hydrogens is 406 g/mol. The van der Waals surface area contributed by atoms with Gasteiger partial charge in [0.25, 0.3) is 5.91 Å². The van der Waals surface area contributed by atoms with Gasteiger partial charge in [0, 0.05) is 31.5 Å². The molecule has 1 saturated heterocycles. The zero-order valence-electron chi connectivity index (χ0n) is 18.4. The molecule has 32 heavy (non-hydrogen) atoms. The summed E-state index contributed by atoms with van der Waals surface area (Å²) in [5.74, 6) is -0.357. The van der Waals surface area contributed by atoms with Crippen molar-refractivity contribution in [1.82, 2.24) is 14.5 Å². The molecule has 0 saturated carbocycles. The molecule has 1 fully saturated rings. The number of para-hydroxylation sites is 2. The molecule has 1 aliphatic heterocycles. The van der Waals surface area contributed by atoms with Gasteiger partial charge in [-0.25, -0.2) is 4.98 Å². The molecule has 1 aliphatic rings. The molecule has 3 aromatic rings. The van der Waals surface area contributed by atoms with Gasteiger partial charge in [-0.3, -0.25) is 24.6 Å². The summed E-state index contributed by atoms with van der Waals surface area (Å²) < 4.78 is 2.02. The van der Waals surface area contributed by atoms with Crippen molar-refractivity contribution in [2.24, 2.45) is 0 Å². The SMILES string of the molecule is CCN(CC)CCn1c(NC(=O)c2cccc(N3C(=O)CCC3=O)c2)nc2ccccc21. The highest BCUT2D eigenvalue weighted by molar-refractivity contribution is 6.20. The second-order valence-corrected chi connectivity index (χ2v) is 7.73. The molecule has 0 radical (unpaired) electrons. The van der Waals surface area contributed by atoms with E-state index in [1.54, 1.807) is 24.3 Å². The van der Waals surface area contributed by atoms with Gasteiger partial charge in [-0.2, -0.15) is 0 Å². The molecule has 1 aromatic heterocycles. The van der Waals surface area contributed by atoms with Gasteiger partial charge in [-0.05, 0) is 43.4 Å². The van der Waals surface area contributed by atoms with Crippen LogP contribution >= 0.6 is 0 Å². The van der Waals surface area contributed by atoms with Crippen molar-refractivity contribution >= 4 is 40.4 Å². The van der Waals surface area contributed by atoms with Crippen LogP contribution in [0.2, 0.25) is 0 Å². The normalized spacial score (nSPS) is 14.0. The molecule has 0 spiro atoms. The van der Waals surface area contributed by atoms with Crippen LogP contribution in [0.1, 0.15) is 37.0 Å². The first kappa shape index (κ1) is 21.7. The van der Waals surface area contributed by atoms with Crippen LogP contribution in [0.4, 0.5) is 11.6 Å². The number of fused-ring (bicyclic) bond motifs is 1. The quantitative estimate of drug-likeness (QED) is 0.551. The number of hydrogen-bond donors (Lipinski definition) is 1. The minimum atomic E-state index is -0.342. The lowest BCUT2D eigenvalue weighted by atomic mass is 10.1. The Hall–Kier alpha value is -3.52. The van der Waals surface area contributed by atoms with Crippen molar-refractivity contribution in [1.29, 1.82) is 0 Å². The van der Waals surface area contributed by atoms with E-state index in [9.17, 15) is 14.4 Å². The van der Waals surface area contributed by atoms with Crippen LogP contribution in [0.25, 0.3) is 11.0 Å². The number of nitrogens with zero attached hydrogens (tertiary/aromatic N) is 4. The summed E-state index contributed by atoms with van der Waals surface area (Å²) in [6.45, 7) is 7.68. The first-order chi connectivity index (χ1) is 15.5. The van der Waals surface area contributed by atoms with Gasteiger partial charge in [0.15, 0.2) is 0 Å². The van der Waals surface area contributed by atoms with Crippen molar-refractivity contribution in [2.75, 3.05) is 29.9 Å². The number of nitrogens with one attached hydrogen (secondary N) is 1. The molecule has 0 bridgehead atoms. The smallest absolute Gasteiger partial charge is 0.258 e. The molecule has 0 unspecified atom stereocenters. The monoisotopic (exact) mass is 433 g/mol. The van der Waals surface area contributed by atoms with Crippen molar-refractivity contribution in [3.05, 3.63) is 54.1 Å². The van der Waals surface area contributed by atoms with E-state index in [0.29, 0.717) is 23.7 Å². The molecule has 0 atom stereocenters. The Morgan fingerprint density at radius 1 is 1.03 bits per heavy atom. The van der Waals surface area contributed by atoms with Crippen molar-refractivity contribution < 1.29 is 14.4 Å². The highest BCUT2D eigenvalue weighted by Crippen LogP contribution is 2.25. The number of amides is 3. The predicted octanol–water partition coefficient (Wildman–Crippen LogP) is 3.28. The largest absolute Gasteiger partial charge is 0.309 e. The van der Waals surface area contributed by atoms with Crippen molar-refractivity contribution in [3.63, 3.8) is 0 Å². The molecule has 0 aliphatic carbocycles. The first-order valence-electron chi connectivity index (χ1n) is 11.0. The summed E-state index contributed by atoms with van der Waals surface area (Å²) in [7, 11) is 0. The fourth-order valence-corrected chi connectivity index (χ4v) is 4.00. The number of aromatic nitrogens is 2. The van der Waals surface area contributed by atoms with E-state index in [1.807, 2.05) is 28.8 Å². The molecule has 4 rings (SSSR count). The average Bonchev–Trinajstić information content (AvgIpc) is 3.33. The van der Waals surface area contributed by atoms with E-state index >= 15 is 0 Å². The maximum atomic E-state index is 13.1. The summed E-state index contributed by atoms with van der Waals surface area (Å²) in [6.07, 6.45) is 0.400. The Bertz CT molecular complexity index is 1150. The molecule has 8 nitrogen and oxygen atoms in total. The Balaban J connectivity index is 1.60. The average molecular weight is 434 g/mol. The molecule has 1 N–H and O–H groups in total. The number of benzene rings is 2. The number of hydrogen-bond acceptors (Lipinski definition) is 5. The number of imidazole rings is 1. The van der Waals surface area contributed by atoms with E-state index in [-0.39, 0.29) is 30.6 Å². The van der Waals surface area contributed by atoms with Crippen LogP contribution in [0.15, 0.2) is 48.5 Å². The summed E-state index contributed by atoms with van der Waals surface area (Å²) in [5, 5.41) is 2.92. The van der Waals surface area contributed by atoms with Gasteiger partial charge >= 0.3 is 0 Å². The minimum Gasteiger partial charge on any atom is -0.309 e. The predicted molar refractivity (Wildman–Crippen MR) is 124 cm³/mol. The van der Waals surface area contributed by atoms with Gasteiger partial charge in [0.05, 0.1) is 16.7 Å². The Labute approximate surface area is 186 Å². The summed E-state index contributed by atoms with van der Waals surface area (Å²) in [4.78, 5) is 45.3. The Morgan fingerprint density at radius 3 is 2.47 bits per heavy atom. The topological polar surface area (TPSA) is 87.5 Å². The van der Waals surface area contributed by atoms with Crippen LogP contribution in [0.5, 0.6) is 0 Å². The Morgan fingerprint density at radius 2 is 1.75 bits per heavy atom. The van der Waals surface area contributed by atoms with Gasteiger partial charge in [0.2, 0.25) is 17.8 Å². The zero-order chi connectivity index (χ0) is 22.7. The maximum absolute atomic E-state index is 13.1. The molecule has 8 heteroatoms. The number of carbonyl (C=O) groups excluding carboxylic acids is 3. The minimum absolute atomic E-state index is 0.200. The molecule has 2 aromatic carbocycles. The number of imide groups is 1. The molecule has 166 valence electrons. The van der Waals surface area contributed by atoms with E-state index in [1.165, 1.54) is 0 Å². The zero-order valence-corrected chi connectivity index (χ0v) is 18.4. The van der Waals surface area contributed by atoms with E-state index in [0.717, 1.165) is 35.6 Å². The van der Waals surface area contributed by atoms with Crippen LogP contribution < -0.4 is 10.2 Å². The summed E-state index contributed by atoms with van der Waals surface area (Å²) >= 11 is 0. The maximum Gasteiger partial charge on any atom is 0.258 e. The van der Waals surface area contributed by atoms with E-state index in [2.05, 4.69) is 29.0 Å². The number of anilines is 2. The van der Waals surface area contributed by atoms with Gasteiger partial charge in [-0.1, -0.05) is 32.0 Å². The molecule has 3 amide bonds. The lowest BCUT2D eigenvalue weighted by Gasteiger charge is -2.19. The third kappa shape index (κ3) is 4.27. The van der Waals surface area contributed by atoms with Gasteiger partial charge < -0.3 is 9.47 Å². The molecule has 2 heterocycles. The highest BCUT2D eigenvalue weighted by Gasteiger charge is 2.30. The fraction of sp³-hybridized carbons (Fsp3) is 0.333. The fourth-order valence-electron chi connectivity index (χ4n) is 4.00. The van der Waals surface area contributed by atoms with E-state index < -0.39 is 0 Å².